The van der Waals surface area contributed by atoms with Gasteiger partial charge in [0.05, 0.1) is 0 Å². The van der Waals surface area contributed by atoms with Crippen molar-refractivity contribution in [2.75, 3.05) is 7.05 Å². The first-order valence-corrected chi connectivity index (χ1v) is 6.31. The molecule has 0 fully saturated rings. The number of benzene rings is 1. The van der Waals surface area contributed by atoms with Crippen LogP contribution in [-0.4, -0.2) is 16.6 Å². The molecule has 0 aliphatic carbocycles. The lowest BCUT2D eigenvalue weighted by Gasteiger charge is -2.08. The van der Waals surface area contributed by atoms with Crippen LogP contribution >= 0.6 is 15.9 Å². The van der Waals surface area contributed by atoms with Crippen LogP contribution < -0.4 is 5.32 Å². The van der Waals surface area contributed by atoms with Crippen LogP contribution in [-0.2, 0) is 6.54 Å². The number of hydrogen-bond donors (Lipinski definition) is 1. The van der Waals surface area contributed by atoms with Crippen LogP contribution in [0.2, 0.25) is 0 Å². The Balaban J connectivity index is 2.49. The van der Waals surface area contributed by atoms with Crippen molar-refractivity contribution in [2.24, 2.45) is 0 Å². The third-order valence-corrected chi connectivity index (χ3v) is 3.40. The summed E-state index contributed by atoms with van der Waals surface area (Å²) in [5.41, 5.74) is 2.29. The summed E-state index contributed by atoms with van der Waals surface area (Å²) >= 11 is 3.49. The zero-order chi connectivity index (χ0) is 13.8. The van der Waals surface area contributed by atoms with Gasteiger partial charge >= 0.3 is 0 Å². The minimum atomic E-state index is 0.137. The van der Waals surface area contributed by atoms with Crippen LogP contribution in [0.1, 0.15) is 17.0 Å². The SMILES string of the molecule is CNCc1ccc(-n2cnc(C#N)c2C#N)cc1Br. The highest BCUT2D eigenvalue weighted by molar-refractivity contribution is 9.10. The van der Waals surface area contributed by atoms with E-state index in [1.165, 1.54) is 6.33 Å². The molecule has 0 radical (unpaired) electrons. The minimum absolute atomic E-state index is 0.137. The summed E-state index contributed by atoms with van der Waals surface area (Å²) in [6.07, 6.45) is 1.48. The molecular weight excluding hydrogens is 306 g/mol. The van der Waals surface area contributed by atoms with E-state index in [1.807, 2.05) is 37.4 Å². The Labute approximate surface area is 119 Å². The molecular formula is C13H10BrN5. The molecule has 0 saturated carbocycles. The maximum Gasteiger partial charge on any atom is 0.177 e. The molecule has 1 aromatic heterocycles. The summed E-state index contributed by atoms with van der Waals surface area (Å²) in [4.78, 5) is 3.92. The fourth-order valence-corrected chi connectivity index (χ4v) is 2.26. The van der Waals surface area contributed by atoms with Gasteiger partial charge in [0.15, 0.2) is 11.4 Å². The van der Waals surface area contributed by atoms with E-state index in [4.69, 9.17) is 10.5 Å². The Bertz CT molecular complexity index is 690. The Morgan fingerprint density at radius 2 is 2.16 bits per heavy atom. The highest BCUT2D eigenvalue weighted by Crippen LogP contribution is 2.22. The molecule has 0 saturated heterocycles. The van der Waals surface area contributed by atoms with Gasteiger partial charge in [0, 0.05) is 16.7 Å². The second-order valence-corrected chi connectivity index (χ2v) is 4.70. The number of rotatable bonds is 3. The quantitative estimate of drug-likeness (QED) is 0.940. The third kappa shape index (κ3) is 2.50. The maximum absolute atomic E-state index is 9.11. The first-order valence-electron chi connectivity index (χ1n) is 5.52. The summed E-state index contributed by atoms with van der Waals surface area (Å²) in [6.45, 7) is 0.749. The van der Waals surface area contributed by atoms with Gasteiger partial charge in [0.2, 0.25) is 0 Å². The number of halogens is 1. The van der Waals surface area contributed by atoms with Crippen molar-refractivity contribution in [3.05, 3.63) is 46.0 Å². The summed E-state index contributed by atoms with van der Waals surface area (Å²) in [5, 5.41) is 21.1. The molecule has 0 amide bonds. The number of nitriles is 2. The van der Waals surface area contributed by atoms with E-state index < -0.39 is 0 Å². The predicted octanol–water partition coefficient (Wildman–Crippen LogP) is 2.10. The molecule has 1 heterocycles. The number of nitrogens with zero attached hydrogens (tertiary/aromatic N) is 4. The lowest BCUT2D eigenvalue weighted by atomic mass is 10.2. The summed E-state index contributed by atoms with van der Waals surface area (Å²) < 4.78 is 2.54. The lowest BCUT2D eigenvalue weighted by molar-refractivity contribution is 0.813. The molecule has 6 heteroatoms. The predicted molar refractivity (Wildman–Crippen MR) is 73.5 cm³/mol. The van der Waals surface area contributed by atoms with Crippen LogP contribution in [0.4, 0.5) is 0 Å². The Kier molecular flexibility index (Phi) is 3.96. The molecule has 94 valence electrons. The molecule has 0 unspecified atom stereocenters. The first-order chi connectivity index (χ1) is 9.21. The van der Waals surface area contributed by atoms with Crippen LogP contribution in [0.25, 0.3) is 5.69 Å². The van der Waals surface area contributed by atoms with Crippen molar-refractivity contribution in [3.63, 3.8) is 0 Å². The fraction of sp³-hybridized carbons (Fsp3) is 0.154. The average molecular weight is 316 g/mol. The molecule has 0 aliphatic heterocycles. The van der Waals surface area contributed by atoms with E-state index in [0.717, 1.165) is 22.3 Å². The van der Waals surface area contributed by atoms with E-state index in [-0.39, 0.29) is 11.4 Å². The standard InChI is InChI=1S/C13H10BrN5/c1-17-7-9-2-3-10(4-11(9)14)19-8-18-12(5-15)13(19)6-16/h2-4,8,17H,7H2,1H3. The second kappa shape index (κ2) is 5.66. The van der Waals surface area contributed by atoms with Crippen molar-refractivity contribution in [1.82, 2.24) is 14.9 Å². The van der Waals surface area contributed by atoms with Gasteiger partial charge in [-0.1, -0.05) is 22.0 Å². The summed E-state index contributed by atoms with van der Waals surface area (Å²) in [7, 11) is 1.88. The van der Waals surface area contributed by atoms with E-state index in [2.05, 4.69) is 26.2 Å². The monoisotopic (exact) mass is 315 g/mol. The topological polar surface area (TPSA) is 77.4 Å². The lowest BCUT2D eigenvalue weighted by Crippen LogP contribution is -2.06. The Hall–Kier alpha value is -2.15. The molecule has 0 atom stereocenters. The molecule has 0 spiro atoms. The van der Waals surface area contributed by atoms with E-state index in [0.29, 0.717) is 0 Å². The fourth-order valence-electron chi connectivity index (χ4n) is 1.75. The second-order valence-electron chi connectivity index (χ2n) is 3.84. The van der Waals surface area contributed by atoms with Gasteiger partial charge in [0.25, 0.3) is 0 Å². The van der Waals surface area contributed by atoms with Gasteiger partial charge in [-0.15, -0.1) is 0 Å². The molecule has 19 heavy (non-hydrogen) atoms. The first kappa shape index (κ1) is 13.3. The number of nitrogens with one attached hydrogen (secondary N) is 1. The van der Waals surface area contributed by atoms with Crippen LogP contribution in [0, 0.1) is 22.7 Å². The van der Waals surface area contributed by atoms with Crippen LogP contribution in [0.5, 0.6) is 0 Å². The molecule has 2 aromatic rings. The number of hydrogen-bond acceptors (Lipinski definition) is 4. The molecule has 5 nitrogen and oxygen atoms in total. The molecule has 0 aliphatic rings. The van der Waals surface area contributed by atoms with Crippen molar-refractivity contribution in [2.45, 2.75) is 6.54 Å². The van der Waals surface area contributed by atoms with E-state index >= 15 is 0 Å². The normalized spacial score (nSPS) is 9.89. The Morgan fingerprint density at radius 1 is 1.37 bits per heavy atom. The molecule has 1 aromatic carbocycles. The van der Waals surface area contributed by atoms with E-state index in [1.54, 1.807) is 4.57 Å². The van der Waals surface area contributed by atoms with Crippen molar-refractivity contribution in [1.29, 1.82) is 10.5 Å². The molecule has 0 bridgehead atoms. The third-order valence-electron chi connectivity index (χ3n) is 2.66. The van der Waals surface area contributed by atoms with Gasteiger partial charge in [-0.2, -0.15) is 10.5 Å². The van der Waals surface area contributed by atoms with Crippen molar-refractivity contribution in [3.8, 4) is 17.8 Å². The zero-order valence-electron chi connectivity index (χ0n) is 10.2. The van der Waals surface area contributed by atoms with Gasteiger partial charge in [-0.25, -0.2) is 4.98 Å². The van der Waals surface area contributed by atoms with E-state index in [9.17, 15) is 0 Å². The summed E-state index contributed by atoms with van der Waals surface area (Å²) in [6, 6.07) is 9.66. The van der Waals surface area contributed by atoms with Gasteiger partial charge < -0.3 is 5.32 Å². The van der Waals surface area contributed by atoms with Gasteiger partial charge in [0.1, 0.15) is 18.5 Å². The maximum atomic E-state index is 9.11. The van der Waals surface area contributed by atoms with Gasteiger partial charge in [-0.05, 0) is 24.7 Å². The average Bonchev–Trinajstić information content (AvgIpc) is 2.84. The van der Waals surface area contributed by atoms with Gasteiger partial charge in [-0.3, -0.25) is 4.57 Å². The minimum Gasteiger partial charge on any atom is -0.316 e. The molecule has 2 rings (SSSR count). The number of aromatic nitrogens is 2. The smallest absolute Gasteiger partial charge is 0.177 e. The van der Waals surface area contributed by atoms with Crippen LogP contribution in [0.15, 0.2) is 29.0 Å². The highest BCUT2D eigenvalue weighted by atomic mass is 79.9. The van der Waals surface area contributed by atoms with Crippen molar-refractivity contribution >= 4 is 15.9 Å². The van der Waals surface area contributed by atoms with Crippen molar-refractivity contribution < 1.29 is 0 Å². The summed E-state index contributed by atoms with van der Waals surface area (Å²) in [5.74, 6) is 0. The molecule has 1 N–H and O–H groups in total. The number of imidazole rings is 1. The highest BCUT2D eigenvalue weighted by Gasteiger charge is 2.12. The Morgan fingerprint density at radius 3 is 2.74 bits per heavy atom. The zero-order valence-corrected chi connectivity index (χ0v) is 11.8. The largest absolute Gasteiger partial charge is 0.316 e. The van der Waals surface area contributed by atoms with Crippen LogP contribution in [0.3, 0.4) is 0 Å².